The molecule has 0 aliphatic carbocycles. The largest absolute Gasteiger partial charge is 0.337 e. The van der Waals surface area contributed by atoms with E-state index in [-0.39, 0.29) is 11.7 Å². The van der Waals surface area contributed by atoms with E-state index in [4.69, 9.17) is 4.52 Å². The maximum absolute atomic E-state index is 12.7. The number of likely N-dealkylation sites (tertiary alicyclic amines) is 1. The van der Waals surface area contributed by atoms with E-state index >= 15 is 0 Å². The molecule has 1 unspecified atom stereocenters. The Morgan fingerprint density at radius 1 is 1.23 bits per heavy atom. The topological polar surface area (TPSA) is 77.1 Å². The van der Waals surface area contributed by atoms with Crippen LogP contribution in [0.5, 0.6) is 0 Å². The van der Waals surface area contributed by atoms with E-state index < -0.39 is 12.5 Å². The number of nitrogens with zero attached hydrogens (tertiary/aromatic N) is 5. The Kier molecular flexibility index (Phi) is 4.19. The summed E-state index contributed by atoms with van der Waals surface area (Å²) >= 11 is 0. The van der Waals surface area contributed by atoms with E-state index in [1.165, 1.54) is 6.07 Å². The second kappa shape index (κ2) is 6.66. The Bertz CT molecular complexity index is 909. The average Bonchev–Trinajstić information content (AvgIpc) is 3.41. The summed E-state index contributed by atoms with van der Waals surface area (Å²) in [5, 5.41) is 7.63. The Balaban J connectivity index is 1.57. The summed E-state index contributed by atoms with van der Waals surface area (Å²) in [5.74, 6) is 0.358. The highest BCUT2D eigenvalue weighted by Crippen LogP contribution is 2.33. The molecule has 1 fully saturated rings. The van der Waals surface area contributed by atoms with Crippen LogP contribution < -0.4 is 0 Å². The van der Waals surface area contributed by atoms with Crippen LogP contribution >= 0.6 is 0 Å². The van der Waals surface area contributed by atoms with Gasteiger partial charge in [-0.1, -0.05) is 35.5 Å². The third kappa shape index (κ3) is 2.96. The number of carbonyl (C=O) groups excluding carboxylic acids is 1. The molecule has 0 radical (unpaired) electrons. The smallest absolute Gasteiger partial charge is 0.333 e. The number of alkyl halides is 2. The number of aromatic nitrogens is 4. The monoisotopic (exact) mass is 359 g/mol. The Morgan fingerprint density at radius 3 is 2.77 bits per heavy atom. The minimum atomic E-state index is -2.78. The standard InChI is InChI=1S/C17H15F2N5O2/c18-17(19)24-10-8-12(21-24)16(25)23-9-4-7-13(23)15-20-14(22-26-15)11-5-2-1-3-6-11/h1-3,5-6,8,10,13,17H,4,7,9H2. The van der Waals surface area contributed by atoms with Gasteiger partial charge < -0.3 is 9.42 Å². The fraction of sp³-hybridized carbons (Fsp3) is 0.294. The maximum Gasteiger partial charge on any atom is 0.333 e. The van der Waals surface area contributed by atoms with Crippen LogP contribution in [-0.4, -0.2) is 37.3 Å². The summed E-state index contributed by atoms with van der Waals surface area (Å²) < 4.78 is 31.2. The summed E-state index contributed by atoms with van der Waals surface area (Å²) in [6.07, 6.45) is 2.51. The van der Waals surface area contributed by atoms with Gasteiger partial charge in [-0.2, -0.15) is 18.9 Å². The number of amides is 1. The number of rotatable bonds is 4. The van der Waals surface area contributed by atoms with Crippen LogP contribution in [0.15, 0.2) is 47.1 Å². The van der Waals surface area contributed by atoms with Crippen molar-refractivity contribution in [2.45, 2.75) is 25.4 Å². The second-order valence-corrected chi connectivity index (χ2v) is 5.94. The molecular weight excluding hydrogens is 344 g/mol. The van der Waals surface area contributed by atoms with E-state index in [1.807, 2.05) is 30.3 Å². The van der Waals surface area contributed by atoms with E-state index in [2.05, 4.69) is 15.2 Å². The molecular formula is C17H15F2N5O2. The van der Waals surface area contributed by atoms with Crippen molar-refractivity contribution in [3.05, 3.63) is 54.2 Å². The number of halogens is 2. The fourth-order valence-electron chi connectivity index (χ4n) is 3.05. The lowest BCUT2D eigenvalue weighted by Gasteiger charge is -2.20. The van der Waals surface area contributed by atoms with Crippen molar-refractivity contribution in [1.29, 1.82) is 0 Å². The van der Waals surface area contributed by atoms with Crippen molar-refractivity contribution in [2.24, 2.45) is 0 Å². The van der Waals surface area contributed by atoms with Crippen molar-refractivity contribution >= 4 is 5.91 Å². The minimum Gasteiger partial charge on any atom is -0.337 e. The summed E-state index contributed by atoms with van der Waals surface area (Å²) in [7, 11) is 0. The molecule has 1 aromatic carbocycles. The molecule has 0 N–H and O–H groups in total. The average molecular weight is 359 g/mol. The Labute approximate surface area is 147 Å². The molecule has 0 bridgehead atoms. The highest BCUT2D eigenvalue weighted by Gasteiger charge is 2.35. The molecule has 1 atom stereocenters. The first-order chi connectivity index (χ1) is 12.6. The van der Waals surface area contributed by atoms with Crippen LogP contribution in [0.4, 0.5) is 8.78 Å². The quantitative estimate of drug-likeness (QED) is 0.714. The molecule has 7 nitrogen and oxygen atoms in total. The normalized spacial score (nSPS) is 17.2. The molecule has 1 aliphatic rings. The first-order valence-corrected chi connectivity index (χ1v) is 8.17. The van der Waals surface area contributed by atoms with E-state index in [0.29, 0.717) is 29.4 Å². The van der Waals surface area contributed by atoms with Crippen LogP contribution in [-0.2, 0) is 0 Å². The van der Waals surface area contributed by atoms with Gasteiger partial charge in [0.05, 0.1) is 0 Å². The molecule has 1 aliphatic heterocycles. The highest BCUT2D eigenvalue weighted by molar-refractivity contribution is 5.92. The fourth-order valence-corrected chi connectivity index (χ4v) is 3.05. The van der Waals surface area contributed by atoms with Crippen molar-refractivity contribution in [3.63, 3.8) is 0 Å². The Morgan fingerprint density at radius 2 is 2.04 bits per heavy atom. The molecule has 0 spiro atoms. The van der Waals surface area contributed by atoms with Crippen molar-refractivity contribution < 1.29 is 18.1 Å². The molecule has 26 heavy (non-hydrogen) atoms. The predicted molar refractivity (Wildman–Crippen MR) is 86.2 cm³/mol. The van der Waals surface area contributed by atoms with Crippen LogP contribution in [0.1, 0.15) is 41.8 Å². The minimum absolute atomic E-state index is 0.0278. The molecule has 9 heteroatoms. The van der Waals surface area contributed by atoms with Gasteiger partial charge in [0.25, 0.3) is 5.91 Å². The lowest BCUT2D eigenvalue weighted by atomic mass is 10.2. The predicted octanol–water partition coefficient (Wildman–Crippen LogP) is 3.31. The van der Waals surface area contributed by atoms with Gasteiger partial charge in [-0.3, -0.25) is 4.79 Å². The van der Waals surface area contributed by atoms with Gasteiger partial charge in [-0.15, -0.1) is 0 Å². The zero-order chi connectivity index (χ0) is 18.1. The maximum atomic E-state index is 12.7. The van der Waals surface area contributed by atoms with Gasteiger partial charge in [0.1, 0.15) is 6.04 Å². The Hall–Kier alpha value is -3.10. The molecule has 1 saturated heterocycles. The van der Waals surface area contributed by atoms with Crippen molar-refractivity contribution in [1.82, 2.24) is 24.8 Å². The zero-order valence-corrected chi connectivity index (χ0v) is 13.6. The van der Waals surface area contributed by atoms with E-state index in [1.54, 1.807) is 4.90 Å². The second-order valence-electron chi connectivity index (χ2n) is 5.94. The summed E-state index contributed by atoms with van der Waals surface area (Å²) in [6, 6.07) is 10.3. The van der Waals surface area contributed by atoms with E-state index in [0.717, 1.165) is 18.2 Å². The molecule has 0 saturated carbocycles. The van der Waals surface area contributed by atoms with Crippen LogP contribution in [0.3, 0.4) is 0 Å². The molecule has 3 heterocycles. The van der Waals surface area contributed by atoms with Crippen LogP contribution in [0.2, 0.25) is 0 Å². The lowest BCUT2D eigenvalue weighted by Crippen LogP contribution is -2.31. The van der Waals surface area contributed by atoms with Crippen molar-refractivity contribution in [2.75, 3.05) is 6.54 Å². The summed E-state index contributed by atoms with van der Waals surface area (Å²) in [5.41, 5.74) is 0.786. The molecule has 134 valence electrons. The van der Waals surface area contributed by atoms with Gasteiger partial charge in [0.2, 0.25) is 11.7 Å². The van der Waals surface area contributed by atoms with E-state index in [9.17, 15) is 13.6 Å². The number of hydrogen-bond acceptors (Lipinski definition) is 5. The number of benzene rings is 1. The summed E-state index contributed by atoms with van der Waals surface area (Å²) in [6.45, 7) is -2.30. The lowest BCUT2D eigenvalue weighted by molar-refractivity contribution is 0.0547. The van der Waals surface area contributed by atoms with Crippen molar-refractivity contribution in [3.8, 4) is 11.4 Å². The molecule has 2 aromatic heterocycles. The summed E-state index contributed by atoms with van der Waals surface area (Å²) in [4.78, 5) is 18.6. The third-order valence-electron chi connectivity index (χ3n) is 4.30. The SMILES string of the molecule is O=C(c1ccn(C(F)F)n1)N1CCCC1c1nc(-c2ccccc2)no1. The molecule has 4 rings (SSSR count). The van der Waals surface area contributed by atoms with Gasteiger partial charge in [-0.05, 0) is 18.9 Å². The zero-order valence-electron chi connectivity index (χ0n) is 13.6. The first kappa shape index (κ1) is 16.4. The van der Waals surface area contributed by atoms with Crippen LogP contribution in [0, 0.1) is 0 Å². The third-order valence-corrected chi connectivity index (χ3v) is 4.30. The number of hydrogen-bond donors (Lipinski definition) is 0. The van der Waals surface area contributed by atoms with Gasteiger partial charge in [0.15, 0.2) is 5.69 Å². The first-order valence-electron chi connectivity index (χ1n) is 8.17. The van der Waals surface area contributed by atoms with Gasteiger partial charge >= 0.3 is 6.55 Å². The van der Waals surface area contributed by atoms with Gasteiger partial charge in [0, 0.05) is 18.3 Å². The highest BCUT2D eigenvalue weighted by atomic mass is 19.3. The number of carbonyl (C=O) groups is 1. The molecule has 1 amide bonds. The van der Waals surface area contributed by atoms with Crippen LogP contribution in [0.25, 0.3) is 11.4 Å². The molecule has 3 aromatic rings. The van der Waals surface area contributed by atoms with Gasteiger partial charge in [-0.25, -0.2) is 4.68 Å².